The minimum Gasteiger partial charge on any atom is -0.332 e. The molecule has 3 heteroatoms. The molecule has 1 amide bonds. The number of nitrogens with zero attached hydrogens (tertiary/aromatic N) is 2. The van der Waals surface area contributed by atoms with Crippen molar-refractivity contribution in [1.82, 2.24) is 9.80 Å². The largest absolute Gasteiger partial charge is 0.332 e. The number of rotatable bonds is 4. The Labute approximate surface area is 106 Å². The first-order valence-corrected chi connectivity index (χ1v) is 6.73. The predicted octanol–water partition coefficient (Wildman–Crippen LogP) is 2.50. The Morgan fingerprint density at radius 2 is 1.47 bits per heavy atom. The number of hydrogen-bond donors (Lipinski definition) is 0. The van der Waals surface area contributed by atoms with Crippen LogP contribution in [0.5, 0.6) is 0 Å². The second-order valence-electron chi connectivity index (χ2n) is 6.49. The molecule has 0 aromatic rings. The highest BCUT2D eigenvalue weighted by Gasteiger charge is 2.57. The van der Waals surface area contributed by atoms with Gasteiger partial charge in [-0.15, -0.1) is 0 Å². The highest BCUT2D eigenvalue weighted by molar-refractivity contribution is 5.91. The summed E-state index contributed by atoms with van der Waals surface area (Å²) in [6.07, 6.45) is 0. The first kappa shape index (κ1) is 14.5. The zero-order valence-electron chi connectivity index (χ0n) is 12.6. The van der Waals surface area contributed by atoms with Gasteiger partial charge in [-0.05, 0) is 55.4 Å². The molecule has 0 radical (unpaired) electrons. The van der Waals surface area contributed by atoms with Crippen molar-refractivity contribution in [1.29, 1.82) is 0 Å². The number of β-lactam (4-membered cyclic amide) rings is 1. The molecule has 0 bridgehead atoms. The average Bonchev–Trinajstić information content (AvgIpc) is 2.10. The Kier molecular flexibility index (Phi) is 3.92. The maximum absolute atomic E-state index is 12.4. The molecule has 100 valence electrons. The van der Waals surface area contributed by atoms with Crippen molar-refractivity contribution in [3.8, 4) is 0 Å². The third-order valence-electron chi connectivity index (χ3n) is 3.77. The maximum Gasteiger partial charge on any atom is 0.243 e. The second kappa shape index (κ2) is 4.60. The highest BCUT2D eigenvalue weighted by atomic mass is 16.2. The molecule has 0 aromatic carbocycles. The quantitative estimate of drug-likeness (QED) is 0.705. The van der Waals surface area contributed by atoms with Gasteiger partial charge in [0.2, 0.25) is 5.91 Å². The van der Waals surface area contributed by atoms with Gasteiger partial charge in [0.05, 0.1) is 5.54 Å². The molecule has 1 fully saturated rings. The summed E-state index contributed by atoms with van der Waals surface area (Å²) in [5.74, 6) is 0.285. The van der Waals surface area contributed by atoms with Gasteiger partial charge in [-0.3, -0.25) is 9.69 Å². The predicted molar refractivity (Wildman–Crippen MR) is 72.0 cm³/mol. The van der Waals surface area contributed by atoms with Crippen LogP contribution in [0.25, 0.3) is 0 Å². The zero-order chi connectivity index (χ0) is 13.5. The van der Waals surface area contributed by atoms with Crippen LogP contribution in [-0.2, 0) is 4.79 Å². The molecule has 1 aliphatic heterocycles. The topological polar surface area (TPSA) is 23.6 Å². The van der Waals surface area contributed by atoms with Gasteiger partial charge >= 0.3 is 0 Å². The Hall–Kier alpha value is -0.570. The maximum atomic E-state index is 12.4. The monoisotopic (exact) mass is 240 g/mol. The Morgan fingerprint density at radius 1 is 1.06 bits per heavy atom. The lowest BCUT2D eigenvalue weighted by molar-refractivity contribution is -0.180. The molecular weight excluding hydrogens is 212 g/mol. The van der Waals surface area contributed by atoms with Crippen LogP contribution >= 0.6 is 0 Å². The van der Waals surface area contributed by atoms with Crippen LogP contribution in [0.3, 0.4) is 0 Å². The molecule has 1 unspecified atom stereocenters. The zero-order valence-corrected chi connectivity index (χ0v) is 12.6. The fourth-order valence-electron chi connectivity index (χ4n) is 3.39. The molecular formula is C14H28N2O. The third-order valence-corrected chi connectivity index (χ3v) is 3.77. The summed E-state index contributed by atoms with van der Waals surface area (Å²) in [5.41, 5.74) is -0.0558. The number of carbonyl (C=O) groups is 1. The van der Waals surface area contributed by atoms with Crippen molar-refractivity contribution >= 4 is 5.91 Å². The molecule has 17 heavy (non-hydrogen) atoms. The van der Waals surface area contributed by atoms with Gasteiger partial charge in [0.1, 0.15) is 6.04 Å². The summed E-state index contributed by atoms with van der Waals surface area (Å²) in [6.45, 7) is 17.2. The minimum atomic E-state index is -0.0558. The first-order chi connectivity index (χ1) is 7.62. The lowest BCUT2D eigenvalue weighted by atomic mass is 9.78. The second-order valence-corrected chi connectivity index (χ2v) is 6.49. The van der Waals surface area contributed by atoms with Crippen molar-refractivity contribution in [3.63, 3.8) is 0 Å². The van der Waals surface area contributed by atoms with E-state index in [1.54, 1.807) is 0 Å². The van der Waals surface area contributed by atoms with Gasteiger partial charge in [-0.2, -0.15) is 0 Å². The van der Waals surface area contributed by atoms with Crippen molar-refractivity contribution < 1.29 is 4.79 Å². The van der Waals surface area contributed by atoms with Gasteiger partial charge in [0.25, 0.3) is 0 Å². The van der Waals surface area contributed by atoms with Gasteiger partial charge in [-0.1, -0.05) is 0 Å². The molecule has 0 spiro atoms. The van der Waals surface area contributed by atoms with Crippen molar-refractivity contribution in [2.24, 2.45) is 0 Å². The van der Waals surface area contributed by atoms with Crippen molar-refractivity contribution in [2.45, 2.75) is 85.1 Å². The van der Waals surface area contributed by atoms with Crippen LogP contribution in [0.15, 0.2) is 0 Å². The number of carbonyl (C=O) groups excluding carboxylic acids is 1. The Morgan fingerprint density at radius 3 is 1.71 bits per heavy atom. The number of amides is 1. The minimum absolute atomic E-state index is 0.0323. The van der Waals surface area contributed by atoms with E-state index in [4.69, 9.17) is 0 Å². The van der Waals surface area contributed by atoms with Crippen molar-refractivity contribution in [2.75, 3.05) is 0 Å². The van der Waals surface area contributed by atoms with Crippen LogP contribution in [0.1, 0.15) is 55.4 Å². The van der Waals surface area contributed by atoms with Gasteiger partial charge in [0.15, 0.2) is 0 Å². The summed E-state index contributed by atoms with van der Waals surface area (Å²) in [6, 6.07) is 1.12. The molecule has 1 aliphatic rings. The first-order valence-electron chi connectivity index (χ1n) is 6.73. The smallest absolute Gasteiger partial charge is 0.243 e. The van der Waals surface area contributed by atoms with E-state index >= 15 is 0 Å². The van der Waals surface area contributed by atoms with Gasteiger partial charge in [-0.25, -0.2) is 0 Å². The summed E-state index contributed by atoms with van der Waals surface area (Å²) in [5, 5.41) is 0. The van der Waals surface area contributed by atoms with E-state index in [9.17, 15) is 4.79 Å². The molecule has 1 heterocycles. The lowest BCUT2D eigenvalue weighted by Crippen LogP contribution is -2.79. The lowest BCUT2D eigenvalue weighted by Gasteiger charge is -2.61. The standard InChI is InChI=1S/C14H28N2O/c1-9(2)15(10(3)4)12-13(17)16(11(5)6)14(12,7)8/h9-12H,1-8H3. The van der Waals surface area contributed by atoms with E-state index in [1.165, 1.54) is 0 Å². The fourth-order valence-corrected chi connectivity index (χ4v) is 3.39. The van der Waals surface area contributed by atoms with E-state index in [2.05, 4.69) is 60.3 Å². The molecule has 1 saturated heterocycles. The molecule has 3 nitrogen and oxygen atoms in total. The van der Waals surface area contributed by atoms with Crippen LogP contribution in [0.4, 0.5) is 0 Å². The van der Waals surface area contributed by atoms with Crippen molar-refractivity contribution in [3.05, 3.63) is 0 Å². The summed E-state index contributed by atoms with van der Waals surface area (Å²) < 4.78 is 0. The summed E-state index contributed by atoms with van der Waals surface area (Å²) in [7, 11) is 0. The molecule has 0 saturated carbocycles. The number of hydrogen-bond acceptors (Lipinski definition) is 2. The Balaban J connectivity index is 2.97. The molecule has 0 aromatic heterocycles. The fraction of sp³-hybridized carbons (Fsp3) is 0.929. The molecule has 0 aliphatic carbocycles. The van der Waals surface area contributed by atoms with Gasteiger partial charge < -0.3 is 4.90 Å². The third kappa shape index (κ3) is 2.22. The van der Waals surface area contributed by atoms with Crippen LogP contribution < -0.4 is 0 Å². The van der Waals surface area contributed by atoms with Crippen LogP contribution in [0, 0.1) is 0 Å². The van der Waals surface area contributed by atoms with E-state index < -0.39 is 0 Å². The molecule has 1 rings (SSSR count). The Bertz CT molecular complexity index is 287. The van der Waals surface area contributed by atoms with Crippen LogP contribution in [0.2, 0.25) is 0 Å². The summed E-state index contributed by atoms with van der Waals surface area (Å²) in [4.78, 5) is 16.7. The van der Waals surface area contributed by atoms with E-state index in [0.29, 0.717) is 12.1 Å². The SMILES string of the molecule is CC(C)N(C(C)C)C1C(=O)N(C(C)C)C1(C)C. The summed E-state index contributed by atoms with van der Waals surface area (Å²) >= 11 is 0. The van der Waals surface area contributed by atoms with E-state index in [-0.39, 0.29) is 23.5 Å². The van der Waals surface area contributed by atoms with Gasteiger partial charge in [0, 0.05) is 18.1 Å². The normalized spacial score (nSPS) is 24.1. The van der Waals surface area contributed by atoms with E-state index in [0.717, 1.165) is 0 Å². The number of likely N-dealkylation sites (tertiary alicyclic amines) is 1. The van der Waals surface area contributed by atoms with Crippen LogP contribution in [-0.4, -0.2) is 45.4 Å². The van der Waals surface area contributed by atoms with E-state index in [1.807, 2.05) is 4.90 Å². The average molecular weight is 240 g/mol. The molecule has 1 atom stereocenters. The highest BCUT2D eigenvalue weighted by Crippen LogP contribution is 2.38. The molecule has 0 N–H and O–H groups in total.